The molecule has 0 saturated carbocycles. The summed E-state index contributed by atoms with van der Waals surface area (Å²) in [6.07, 6.45) is 0.526. The number of aliphatic hydroxyl groups is 3. The molecule has 6 aliphatic heterocycles. The minimum atomic E-state index is -0.588. The van der Waals surface area contributed by atoms with Crippen LogP contribution in [0.2, 0.25) is 0 Å². The smallest absolute Gasteiger partial charge is 0.246 e. The summed E-state index contributed by atoms with van der Waals surface area (Å²) in [4.78, 5) is 75.4. The van der Waals surface area contributed by atoms with Crippen molar-refractivity contribution in [2.45, 2.75) is 107 Å². The number of carbonyl (C=O) groups is 6. The summed E-state index contributed by atoms with van der Waals surface area (Å²) >= 11 is 0. The van der Waals surface area contributed by atoms with Crippen LogP contribution in [0.15, 0.2) is 30.3 Å². The third-order valence-electron chi connectivity index (χ3n) is 9.54. The van der Waals surface area contributed by atoms with Crippen LogP contribution in [0.5, 0.6) is 0 Å². The first-order valence-corrected chi connectivity index (χ1v) is 16.6. The molecule has 6 saturated heterocycles. The van der Waals surface area contributed by atoms with Crippen LogP contribution in [-0.4, -0.2) is 140 Å². The summed E-state index contributed by atoms with van der Waals surface area (Å²) in [5.74, 6) is -0.304. The molecule has 0 aromatic heterocycles. The van der Waals surface area contributed by atoms with E-state index >= 15 is 0 Å². The van der Waals surface area contributed by atoms with Crippen LogP contribution in [0.25, 0.3) is 0 Å². The molecule has 0 radical (unpaired) electrons. The van der Waals surface area contributed by atoms with Crippen LogP contribution in [0.3, 0.4) is 0 Å². The third-order valence-corrected chi connectivity index (χ3v) is 9.54. The average molecular weight is 671 g/mol. The molecule has 15 heteroatoms. The predicted octanol–water partition coefficient (Wildman–Crippen LogP) is -2.35. The molecule has 7 rings (SSSR count). The van der Waals surface area contributed by atoms with E-state index in [1.54, 1.807) is 6.92 Å². The molecule has 15 nitrogen and oxygen atoms in total. The lowest BCUT2D eigenvalue weighted by Crippen LogP contribution is -2.61. The van der Waals surface area contributed by atoms with Gasteiger partial charge in [-0.3, -0.25) is 28.8 Å². The Morgan fingerprint density at radius 3 is 1.54 bits per heavy atom. The van der Waals surface area contributed by atoms with Crippen molar-refractivity contribution >= 4 is 35.4 Å². The molecule has 0 spiro atoms. The number of nitrogens with one attached hydrogen (secondary N) is 3. The fraction of sp³-hybridized carbons (Fsp3) is 0.636. The van der Waals surface area contributed by atoms with E-state index in [9.17, 15) is 44.1 Å². The molecule has 6 aliphatic rings. The predicted molar refractivity (Wildman–Crippen MR) is 169 cm³/mol. The number of rotatable bonds is 4. The molecule has 1 aromatic carbocycles. The molecular formula is C33H46N6O9. The highest BCUT2D eigenvalue weighted by atomic mass is 16.3. The van der Waals surface area contributed by atoms with Crippen molar-refractivity contribution in [2.24, 2.45) is 5.92 Å². The number of hydrogen-bond acceptors (Lipinski definition) is 9. The van der Waals surface area contributed by atoms with Crippen molar-refractivity contribution in [1.82, 2.24) is 30.7 Å². The Hall–Kier alpha value is -4.08. The Morgan fingerprint density at radius 1 is 0.646 bits per heavy atom. The minimum Gasteiger partial charge on any atom is -0.391 e. The van der Waals surface area contributed by atoms with Gasteiger partial charge in [0.1, 0.15) is 36.3 Å². The van der Waals surface area contributed by atoms with Crippen LogP contribution in [0.1, 0.15) is 52.0 Å². The van der Waals surface area contributed by atoms with Gasteiger partial charge in [-0.2, -0.15) is 0 Å². The van der Waals surface area contributed by atoms with Crippen molar-refractivity contribution in [3.63, 3.8) is 0 Å². The van der Waals surface area contributed by atoms with Gasteiger partial charge in [0, 0.05) is 45.3 Å². The number of carbonyl (C=O) groups excluding carboxylic acids is 6. The molecule has 6 fully saturated rings. The summed E-state index contributed by atoms with van der Waals surface area (Å²) in [6, 6.07) is 6.84. The zero-order valence-electron chi connectivity index (χ0n) is 27.4. The molecule has 1 aromatic rings. The zero-order chi connectivity index (χ0) is 34.9. The van der Waals surface area contributed by atoms with E-state index in [0.29, 0.717) is 51.1 Å². The van der Waals surface area contributed by atoms with Crippen LogP contribution >= 0.6 is 0 Å². The second-order valence-electron chi connectivity index (χ2n) is 13.9. The van der Waals surface area contributed by atoms with Gasteiger partial charge >= 0.3 is 0 Å². The van der Waals surface area contributed by atoms with Crippen LogP contribution < -0.4 is 16.0 Å². The van der Waals surface area contributed by atoms with Gasteiger partial charge in [0.2, 0.25) is 35.4 Å². The van der Waals surface area contributed by atoms with Crippen LogP contribution in [-0.2, 0) is 35.2 Å². The SMILES string of the molecule is CC(C)C[C@@H]1NC(=O)[C@@H]2C[C@@H](O)CN2C1=O.C[C@@H]1NC(=O)[C@@H]2C[C@@H](O)CN2C1=O.O=C1N[C@@H](Cc2ccccc2)C(=O)N2C[C@H](O)C[C@@H]12. The zero-order valence-corrected chi connectivity index (χ0v) is 27.4. The second-order valence-corrected chi connectivity index (χ2v) is 13.9. The molecule has 262 valence electrons. The van der Waals surface area contributed by atoms with E-state index < -0.39 is 54.6 Å². The van der Waals surface area contributed by atoms with E-state index in [-0.39, 0.29) is 42.0 Å². The number of fused-ring (bicyclic) bond motifs is 3. The highest BCUT2D eigenvalue weighted by Gasteiger charge is 2.47. The van der Waals surface area contributed by atoms with Gasteiger partial charge in [-0.05, 0) is 24.8 Å². The van der Waals surface area contributed by atoms with E-state index in [1.165, 1.54) is 14.7 Å². The fourth-order valence-electron chi connectivity index (χ4n) is 7.22. The molecule has 48 heavy (non-hydrogen) atoms. The summed E-state index contributed by atoms with van der Waals surface area (Å²) in [7, 11) is 0. The molecule has 0 aliphatic carbocycles. The standard InChI is InChI=1S/C14H16N2O3.C11H18N2O3.C8H12N2O3/c17-10-7-12-13(18)15-11(14(19)16(12)8-10)6-9-4-2-1-3-5-9;1-6(2)3-8-11(16)13-5-7(14)4-9(13)10(15)12-8;1-4-8(13)10-3-5(11)2-6(10)7(12)9-4/h1-5,10-12,17H,6-8H2,(H,15,18);6-9,14H,3-5H2,1-2H3,(H,12,15);4-6,11H,2-3H2,1H3,(H,9,12)/t10-,11+,12+;7-,8+,9+;4-,5+,6-/m110/s1. The van der Waals surface area contributed by atoms with E-state index in [1.807, 2.05) is 44.2 Å². The maximum Gasteiger partial charge on any atom is 0.246 e. The molecular weight excluding hydrogens is 624 g/mol. The Kier molecular flexibility index (Phi) is 10.7. The largest absolute Gasteiger partial charge is 0.391 e. The first kappa shape index (κ1) is 35.2. The molecule has 6 amide bonds. The van der Waals surface area contributed by atoms with Crippen LogP contribution in [0.4, 0.5) is 0 Å². The fourth-order valence-corrected chi connectivity index (χ4v) is 7.22. The highest BCUT2D eigenvalue weighted by Crippen LogP contribution is 2.26. The van der Waals surface area contributed by atoms with Gasteiger partial charge in [-0.15, -0.1) is 0 Å². The first-order valence-electron chi connectivity index (χ1n) is 16.6. The topological polar surface area (TPSA) is 209 Å². The van der Waals surface area contributed by atoms with Gasteiger partial charge in [0.05, 0.1) is 18.3 Å². The van der Waals surface area contributed by atoms with E-state index in [0.717, 1.165) is 5.56 Å². The lowest BCUT2D eigenvalue weighted by molar-refractivity contribution is -0.147. The molecule has 6 N–H and O–H groups in total. The van der Waals surface area contributed by atoms with Crippen molar-refractivity contribution in [3.8, 4) is 0 Å². The van der Waals surface area contributed by atoms with Gasteiger partial charge < -0.3 is 46.0 Å². The lowest BCUT2D eigenvalue weighted by atomic mass is 9.99. The average Bonchev–Trinajstić information content (AvgIpc) is 3.75. The maximum absolute atomic E-state index is 12.3. The monoisotopic (exact) mass is 670 g/mol. The Labute approximate surface area is 279 Å². The van der Waals surface area contributed by atoms with E-state index in [2.05, 4.69) is 16.0 Å². The molecule has 0 bridgehead atoms. The van der Waals surface area contributed by atoms with Crippen LogP contribution in [0, 0.1) is 5.92 Å². The minimum absolute atomic E-state index is 0.0464. The van der Waals surface area contributed by atoms with Crippen molar-refractivity contribution in [2.75, 3.05) is 19.6 Å². The Morgan fingerprint density at radius 2 is 1.06 bits per heavy atom. The first-order chi connectivity index (χ1) is 22.7. The number of amides is 6. The van der Waals surface area contributed by atoms with E-state index in [4.69, 9.17) is 0 Å². The molecule has 9 atom stereocenters. The summed E-state index contributed by atoms with van der Waals surface area (Å²) < 4.78 is 0. The lowest BCUT2D eigenvalue weighted by Gasteiger charge is -2.35. The van der Waals surface area contributed by atoms with Crippen molar-refractivity contribution in [3.05, 3.63) is 35.9 Å². The number of hydrogen-bond donors (Lipinski definition) is 6. The maximum atomic E-state index is 12.3. The molecule has 6 heterocycles. The molecule has 0 unspecified atom stereocenters. The second kappa shape index (κ2) is 14.6. The summed E-state index contributed by atoms with van der Waals surface area (Å²) in [5, 5.41) is 36.5. The highest BCUT2D eigenvalue weighted by molar-refractivity contribution is 5.99. The Balaban J connectivity index is 0.000000143. The number of nitrogens with zero attached hydrogens (tertiary/aromatic N) is 3. The van der Waals surface area contributed by atoms with Crippen molar-refractivity contribution in [1.29, 1.82) is 0 Å². The van der Waals surface area contributed by atoms with Gasteiger partial charge in [0.15, 0.2) is 0 Å². The number of benzene rings is 1. The van der Waals surface area contributed by atoms with Gasteiger partial charge in [0.25, 0.3) is 0 Å². The number of piperazine rings is 3. The summed E-state index contributed by atoms with van der Waals surface area (Å²) in [5.41, 5.74) is 1.01. The summed E-state index contributed by atoms with van der Waals surface area (Å²) in [6.45, 7) is 6.55. The number of aliphatic hydroxyl groups excluding tert-OH is 3. The van der Waals surface area contributed by atoms with Gasteiger partial charge in [-0.25, -0.2) is 0 Å². The quantitative estimate of drug-likeness (QED) is 0.202. The normalized spacial score (nSPS) is 33.9. The third kappa shape index (κ3) is 7.63. The van der Waals surface area contributed by atoms with Gasteiger partial charge in [-0.1, -0.05) is 44.2 Å². The van der Waals surface area contributed by atoms with Crippen molar-refractivity contribution < 1.29 is 44.1 Å². The Bertz CT molecular complexity index is 1410.